The number of aliphatic hydroxyl groups is 2. The fourth-order valence-corrected chi connectivity index (χ4v) is 2.87. The highest BCUT2D eigenvalue weighted by molar-refractivity contribution is 7.98. The Morgan fingerprint density at radius 2 is 2.30 bits per heavy atom. The standard InChI is InChI=1S/C13H20N4O2S/c1-20-7-10(12(19)6-18)3-14-2-9-4-16-11-5-15-8-17-13(9)11/h4-5,8,10,12,14,18-19H,2-3,6-7H2,1H3,(H,15,17). The minimum atomic E-state index is -0.683. The van der Waals surface area contributed by atoms with E-state index in [-0.39, 0.29) is 12.5 Å². The summed E-state index contributed by atoms with van der Waals surface area (Å²) in [4.78, 5) is 11.5. The van der Waals surface area contributed by atoms with Crippen molar-refractivity contribution in [3.63, 3.8) is 0 Å². The molecule has 2 heterocycles. The van der Waals surface area contributed by atoms with Crippen molar-refractivity contribution in [1.82, 2.24) is 20.3 Å². The van der Waals surface area contributed by atoms with Gasteiger partial charge < -0.3 is 20.5 Å². The van der Waals surface area contributed by atoms with Crippen LogP contribution in [0.3, 0.4) is 0 Å². The molecule has 2 unspecified atom stereocenters. The van der Waals surface area contributed by atoms with Gasteiger partial charge >= 0.3 is 0 Å². The number of H-pyrrole nitrogens is 1. The molecule has 20 heavy (non-hydrogen) atoms. The van der Waals surface area contributed by atoms with Gasteiger partial charge in [-0.1, -0.05) is 0 Å². The number of hydrogen-bond acceptors (Lipinski definition) is 6. The van der Waals surface area contributed by atoms with E-state index in [1.165, 1.54) is 0 Å². The van der Waals surface area contributed by atoms with E-state index in [1.54, 1.807) is 18.1 Å². The maximum atomic E-state index is 9.75. The molecule has 2 rings (SSSR count). The lowest BCUT2D eigenvalue weighted by molar-refractivity contribution is 0.0549. The molecular formula is C13H20N4O2S. The molecule has 6 nitrogen and oxygen atoms in total. The molecule has 0 aliphatic carbocycles. The molecule has 0 fully saturated rings. The van der Waals surface area contributed by atoms with E-state index in [9.17, 15) is 5.11 Å². The predicted octanol–water partition coefficient (Wildman–Crippen LogP) is 0.332. The molecule has 110 valence electrons. The predicted molar refractivity (Wildman–Crippen MR) is 79.7 cm³/mol. The van der Waals surface area contributed by atoms with Crippen molar-refractivity contribution in [2.24, 2.45) is 5.92 Å². The number of aromatic nitrogens is 3. The summed E-state index contributed by atoms with van der Waals surface area (Å²) in [7, 11) is 0. The average Bonchev–Trinajstić information content (AvgIpc) is 2.89. The third-order valence-electron chi connectivity index (χ3n) is 3.23. The number of thioether (sulfide) groups is 1. The molecule has 0 saturated heterocycles. The fraction of sp³-hybridized carbons (Fsp3) is 0.538. The summed E-state index contributed by atoms with van der Waals surface area (Å²) < 4.78 is 0. The van der Waals surface area contributed by atoms with Crippen LogP contribution < -0.4 is 5.32 Å². The Labute approximate surface area is 122 Å². The van der Waals surface area contributed by atoms with E-state index >= 15 is 0 Å². The smallest absolute Gasteiger partial charge is 0.105 e. The summed E-state index contributed by atoms with van der Waals surface area (Å²) in [5.41, 5.74) is 2.77. The maximum absolute atomic E-state index is 9.75. The molecule has 4 N–H and O–H groups in total. The van der Waals surface area contributed by atoms with Crippen molar-refractivity contribution in [1.29, 1.82) is 0 Å². The van der Waals surface area contributed by atoms with E-state index in [2.05, 4.69) is 20.3 Å². The number of hydrogen-bond donors (Lipinski definition) is 4. The van der Waals surface area contributed by atoms with E-state index < -0.39 is 6.10 Å². The number of aromatic amines is 1. The third kappa shape index (κ3) is 3.69. The highest BCUT2D eigenvalue weighted by Gasteiger charge is 2.18. The molecule has 7 heteroatoms. The van der Waals surface area contributed by atoms with Gasteiger partial charge in [0.25, 0.3) is 0 Å². The summed E-state index contributed by atoms with van der Waals surface area (Å²) in [5.74, 6) is 0.840. The quantitative estimate of drug-likeness (QED) is 0.561. The Kier molecular flexibility index (Phi) is 5.78. The molecule has 0 radical (unpaired) electrons. The van der Waals surface area contributed by atoms with Crippen molar-refractivity contribution >= 4 is 11.8 Å². The maximum Gasteiger partial charge on any atom is 0.105 e. The van der Waals surface area contributed by atoms with Crippen molar-refractivity contribution < 1.29 is 10.2 Å². The van der Waals surface area contributed by atoms with Crippen LogP contribution in [-0.4, -0.2) is 56.4 Å². The van der Waals surface area contributed by atoms with Gasteiger partial charge in [-0.05, 0) is 12.0 Å². The minimum absolute atomic E-state index is 0.0329. The Morgan fingerprint density at radius 1 is 1.45 bits per heavy atom. The van der Waals surface area contributed by atoms with Crippen LogP contribution in [0.5, 0.6) is 0 Å². The molecule has 2 aliphatic heterocycles. The minimum Gasteiger partial charge on any atom is -0.394 e. The monoisotopic (exact) mass is 296 g/mol. The third-order valence-corrected chi connectivity index (χ3v) is 3.99. The van der Waals surface area contributed by atoms with Gasteiger partial charge in [0.1, 0.15) is 5.69 Å². The van der Waals surface area contributed by atoms with Crippen molar-refractivity contribution in [3.8, 4) is 11.4 Å². The van der Waals surface area contributed by atoms with Gasteiger partial charge in [0.2, 0.25) is 0 Å². The number of nitrogens with one attached hydrogen (secondary N) is 2. The van der Waals surface area contributed by atoms with Gasteiger partial charge in [-0.3, -0.25) is 4.98 Å². The largest absolute Gasteiger partial charge is 0.394 e. The van der Waals surface area contributed by atoms with Gasteiger partial charge in [0.05, 0.1) is 24.7 Å². The molecule has 0 amide bonds. The molecule has 0 bridgehead atoms. The average molecular weight is 296 g/mol. The molecule has 2 atom stereocenters. The van der Waals surface area contributed by atoms with Gasteiger partial charge in [-0.15, -0.1) is 0 Å². The Bertz CT molecular complexity index is 493. The number of nitrogens with zero attached hydrogens (tertiary/aromatic N) is 2. The number of fused-ring (bicyclic) bond motifs is 1. The van der Waals surface area contributed by atoms with Crippen LogP contribution in [0.25, 0.3) is 11.4 Å². The van der Waals surface area contributed by atoms with Crippen molar-refractivity contribution in [3.05, 3.63) is 24.3 Å². The number of aliphatic hydroxyl groups excluding tert-OH is 2. The molecule has 0 saturated carbocycles. The molecule has 0 aromatic rings. The second kappa shape index (κ2) is 7.58. The van der Waals surface area contributed by atoms with Gasteiger partial charge in [0, 0.05) is 37.0 Å². The Morgan fingerprint density at radius 3 is 3.05 bits per heavy atom. The van der Waals surface area contributed by atoms with Crippen LogP contribution in [0, 0.1) is 5.92 Å². The highest BCUT2D eigenvalue weighted by atomic mass is 32.2. The highest BCUT2D eigenvalue weighted by Crippen LogP contribution is 2.20. The Balaban J connectivity index is 1.88. The van der Waals surface area contributed by atoms with Gasteiger partial charge in [0.15, 0.2) is 0 Å². The molecule has 2 aliphatic rings. The van der Waals surface area contributed by atoms with Crippen LogP contribution >= 0.6 is 11.8 Å². The van der Waals surface area contributed by atoms with Crippen LogP contribution in [0.1, 0.15) is 5.56 Å². The van der Waals surface area contributed by atoms with Crippen molar-refractivity contribution in [2.75, 3.05) is 25.2 Å². The summed E-state index contributed by atoms with van der Waals surface area (Å²) in [6.07, 6.45) is 6.57. The lowest BCUT2D eigenvalue weighted by Gasteiger charge is -2.20. The van der Waals surface area contributed by atoms with E-state index in [0.717, 1.165) is 22.7 Å². The van der Waals surface area contributed by atoms with E-state index in [4.69, 9.17) is 5.11 Å². The lowest BCUT2D eigenvalue weighted by atomic mass is 10.1. The first kappa shape index (κ1) is 15.2. The first-order valence-electron chi connectivity index (χ1n) is 6.51. The molecule has 0 aromatic heterocycles. The fourth-order valence-electron chi connectivity index (χ4n) is 2.10. The number of rotatable bonds is 8. The van der Waals surface area contributed by atoms with E-state index in [0.29, 0.717) is 13.1 Å². The van der Waals surface area contributed by atoms with Gasteiger partial charge in [-0.2, -0.15) is 11.8 Å². The van der Waals surface area contributed by atoms with Crippen molar-refractivity contribution in [2.45, 2.75) is 12.6 Å². The lowest BCUT2D eigenvalue weighted by Crippen LogP contribution is -2.35. The summed E-state index contributed by atoms with van der Waals surface area (Å²) >= 11 is 1.66. The second-order valence-electron chi connectivity index (χ2n) is 4.68. The SMILES string of the molecule is CSCC(CNCc1cnc2c[nH]cnc1-2)C(O)CO. The summed E-state index contributed by atoms with van der Waals surface area (Å²) in [6.45, 7) is 1.09. The molecular weight excluding hydrogens is 276 g/mol. The van der Waals surface area contributed by atoms with Crippen LogP contribution in [-0.2, 0) is 6.54 Å². The van der Waals surface area contributed by atoms with Crippen LogP contribution in [0.2, 0.25) is 0 Å². The summed E-state index contributed by atoms with van der Waals surface area (Å²) in [5, 5.41) is 22.1. The molecule has 0 aromatic carbocycles. The first-order valence-corrected chi connectivity index (χ1v) is 7.90. The zero-order valence-corrected chi connectivity index (χ0v) is 12.2. The summed E-state index contributed by atoms with van der Waals surface area (Å²) in [6, 6.07) is 0. The zero-order chi connectivity index (χ0) is 14.4. The first-order chi connectivity index (χ1) is 9.76. The Hall–Kier alpha value is -1.15. The zero-order valence-electron chi connectivity index (χ0n) is 11.4. The normalized spacial score (nSPS) is 14.6. The van der Waals surface area contributed by atoms with Crippen LogP contribution in [0.15, 0.2) is 18.7 Å². The topological polar surface area (TPSA) is 94.1 Å². The second-order valence-corrected chi connectivity index (χ2v) is 5.59. The van der Waals surface area contributed by atoms with E-state index in [1.807, 2.05) is 18.6 Å². The van der Waals surface area contributed by atoms with Gasteiger partial charge in [-0.25, -0.2) is 4.98 Å². The van der Waals surface area contributed by atoms with Crippen LogP contribution in [0.4, 0.5) is 0 Å². The molecule has 0 spiro atoms.